The molecule has 3 nitrogen and oxygen atoms in total. The predicted octanol–water partition coefficient (Wildman–Crippen LogP) is 4.33. The zero-order valence-electron chi connectivity index (χ0n) is 11.4. The van der Waals surface area contributed by atoms with E-state index in [9.17, 15) is 13.6 Å². The summed E-state index contributed by atoms with van der Waals surface area (Å²) < 4.78 is 27.5. The second kappa shape index (κ2) is 6.10. The Bertz CT molecular complexity index is 850. The first kappa shape index (κ1) is 15.1. The third kappa shape index (κ3) is 2.86. The molecule has 7 heteroatoms. The molecule has 0 saturated carbocycles. The van der Waals surface area contributed by atoms with Crippen LogP contribution in [-0.4, -0.2) is 21.0 Å². The number of benzene rings is 1. The van der Waals surface area contributed by atoms with E-state index >= 15 is 0 Å². The average Bonchev–Trinajstić information content (AvgIpc) is 2.96. The van der Waals surface area contributed by atoms with Gasteiger partial charge in [0.2, 0.25) is 0 Å². The van der Waals surface area contributed by atoms with Crippen LogP contribution in [0.15, 0.2) is 41.0 Å². The number of fused-ring (bicyclic) bond motifs is 1. The number of carbonyl (C=O) groups is 1. The van der Waals surface area contributed by atoms with E-state index in [1.54, 1.807) is 6.92 Å². The Morgan fingerprint density at radius 3 is 2.86 bits per heavy atom. The molecule has 1 atom stereocenters. The van der Waals surface area contributed by atoms with E-state index in [0.717, 1.165) is 16.3 Å². The van der Waals surface area contributed by atoms with Crippen LogP contribution in [0.5, 0.6) is 0 Å². The molecule has 112 valence electrons. The van der Waals surface area contributed by atoms with Crippen molar-refractivity contribution in [3.63, 3.8) is 0 Å². The molecule has 0 amide bonds. The van der Waals surface area contributed by atoms with Crippen LogP contribution in [0.25, 0.3) is 10.2 Å². The lowest BCUT2D eigenvalue weighted by molar-refractivity contribution is 0.0990. The van der Waals surface area contributed by atoms with Crippen LogP contribution in [0.4, 0.5) is 8.78 Å². The first-order valence-electron chi connectivity index (χ1n) is 6.40. The number of thiophene rings is 1. The molecule has 2 aromatic heterocycles. The molecule has 0 aliphatic rings. The molecule has 0 fully saturated rings. The van der Waals surface area contributed by atoms with E-state index < -0.39 is 22.7 Å². The summed E-state index contributed by atoms with van der Waals surface area (Å²) in [7, 11) is 0. The quantitative estimate of drug-likeness (QED) is 0.404. The minimum absolute atomic E-state index is 0.113. The van der Waals surface area contributed by atoms with Crippen molar-refractivity contribution in [3.8, 4) is 0 Å². The second-order valence-electron chi connectivity index (χ2n) is 4.56. The largest absolute Gasteiger partial charge is 0.293 e. The van der Waals surface area contributed by atoms with Gasteiger partial charge in [-0.1, -0.05) is 11.8 Å². The van der Waals surface area contributed by atoms with Gasteiger partial charge in [-0.15, -0.1) is 11.3 Å². The Balaban J connectivity index is 1.86. The highest BCUT2D eigenvalue weighted by molar-refractivity contribution is 8.00. The van der Waals surface area contributed by atoms with Gasteiger partial charge < -0.3 is 0 Å². The van der Waals surface area contributed by atoms with Gasteiger partial charge in [-0.25, -0.2) is 18.7 Å². The lowest BCUT2D eigenvalue weighted by Gasteiger charge is -2.10. The minimum Gasteiger partial charge on any atom is -0.293 e. The highest BCUT2D eigenvalue weighted by Crippen LogP contribution is 2.32. The van der Waals surface area contributed by atoms with Crippen LogP contribution in [0.1, 0.15) is 17.3 Å². The topological polar surface area (TPSA) is 42.9 Å². The van der Waals surface area contributed by atoms with Crippen molar-refractivity contribution in [2.45, 2.75) is 17.2 Å². The summed E-state index contributed by atoms with van der Waals surface area (Å²) >= 11 is 2.73. The molecule has 0 bridgehead atoms. The smallest absolute Gasteiger partial charge is 0.178 e. The van der Waals surface area contributed by atoms with Gasteiger partial charge in [0.15, 0.2) is 5.78 Å². The highest BCUT2D eigenvalue weighted by atomic mass is 32.2. The molecule has 0 spiro atoms. The van der Waals surface area contributed by atoms with E-state index in [-0.39, 0.29) is 5.56 Å². The number of hydrogen-bond acceptors (Lipinski definition) is 5. The number of ketones is 1. The van der Waals surface area contributed by atoms with E-state index in [0.29, 0.717) is 11.1 Å². The zero-order valence-corrected chi connectivity index (χ0v) is 13.0. The zero-order chi connectivity index (χ0) is 15.7. The molecule has 1 unspecified atom stereocenters. The number of Topliss-reactive ketones (excluding diaryl/α,β-unsaturated/α-hetero) is 1. The number of halogens is 2. The summed E-state index contributed by atoms with van der Waals surface area (Å²) in [6, 6.07) is 4.84. The van der Waals surface area contributed by atoms with Gasteiger partial charge in [-0.05, 0) is 30.5 Å². The number of carbonyl (C=O) groups excluding carboxylic acids is 1. The lowest BCUT2D eigenvalue weighted by atomic mass is 10.1. The first-order chi connectivity index (χ1) is 10.6. The standard InChI is InChI=1S/C15H10F2N2OS2/c1-8(13(20)10-3-2-9(16)6-11(10)17)22-15-14-12(4-5-21-14)18-7-19-15/h2-8H,1H3. The molecule has 2 heterocycles. The summed E-state index contributed by atoms with van der Waals surface area (Å²) in [6.45, 7) is 1.68. The maximum absolute atomic E-state index is 13.7. The summed E-state index contributed by atoms with van der Waals surface area (Å²) in [5, 5.41) is 2.04. The Morgan fingerprint density at radius 2 is 2.09 bits per heavy atom. The third-order valence-corrected chi connectivity index (χ3v) is 5.20. The fourth-order valence-electron chi connectivity index (χ4n) is 1.98. The van der Waals surface area contributed by atoms with Crippen molar-refractivity contribution < 1.29 is 13.6 Å². The van der Waals surface area contributed by atoms with Crippen LogP contribution < -0.4 is 0 Å². The van der Waals surface area contributed by atoms with Gasteiger partial charge in [0.1, 0.15) is 23.0 Å². The Hall–Kier alpha value is -1.86. The maximum atomic E-state index is 13.7. The minimum atomic E-state index is -0.846. The molecule has 0 N–H and O–H groups in total. The summed E-state index contributed by atoms with van der Waals surface area (Å²) in [5.41, 5.74) is 0.702. The predicted molar refractivity (Wildman–Crippen MR) is 83.4 cm³/mol. The molecule has 0 aliphatic carbocycles. The SMILES string of the molecule is CC(Sc1ncnc2ccsc12)C(=O)c1ccc(F)cc1F. The highest BCUT2D eigenvalue weighted by Gasteiger charge is 2.21. The molecule has 1 aromatic carbocycles. The van der Waals surface area contributed by atoms with Gasteiger partial charge in [0.25, 0.3) is 0 Å². The number of rotatable bonds is 4. The summed E-state index contributed by atoms with van der Waals surface area (Å²) in [4.78, 5) is 20.7. The van der Waals surface area contributed by atoms with Gasteiger partial charge >= 0.3 is 0 Å². The number of hydrogen-bond donors (Lipinski definition) is 0. The number of aromatic nitrogens is 2. The molecule has 22 heavy (non-hydrogen) atoms. The molecular formula is C15H10F2N2OS2. The molecule has 0 radical (unpaired) electrons. The van der Waals surface area contributed by atoms with E-state index in [2.05, 4.69) is 9.97 Å². The van der Waals surface area contributed by atoms with Crippen LogP contribution in [0.2, 0.25) is 0 Å². The molecule has 3 rings (SSSR count). The van der Waals surface area contributed by atoms with Crippen molar-refractivity contribution in [1.82, 2.24) is 9.97 Å². The normalized spacial score (nSPS) is 12.5. The van der Waals surface area contributed by atoms with Gasteiger partial charge in [0.05, 0.1) is 21.0 Å². The second-order valence-corrected chi connectivity index (χ2v) is 6.81. The fraction of sp³-hybridized carbons (Fsp3) is 0.133. The monoisotopic (exact) mass is 336 g/mol. The Labute approximate surface area is 133 Å². The van der Waals surface area contributed by atoms with Crippen molar-refractivity contribution in [1.29, 1.82) is 0 Å². The molecule has 3 aromatic rings. The van der Waals surface area contributed by atoms with E-state index in [4.69, 9.17) is 0 Å². The molecule has 0 saturated heterocycles. The van der Waals surface area contributed by atoms with Crippen LogP contribution in [-0.2, 0) is 0 Å². The number of nitrogens with zero attached hydrogens (tertiary/aromatic N) is 2. The number of thioether (sulfide) groups is 1. The first-order valence-corrected chi connectivity index (χ1v) is 8.16. The van der Waals surface area contributed by atoms with Crippen molar-refractivity contribution >= 4 is 39.1 Å². The average molecular weight is 336 g/mol. The molecule has 0 aliphatic heterocycles. The summed E-state index contributed by atoms with van der Waals surface area (Å²) in [6.07, 6.45) is 1.44. The third-order valence-electron chi connectivity index (χ3n) is 3.06. The fourth-order valence-corrected chi connectivity index (χ4v) is 3.88. The Morgan fingerprint density at radius 1 is 1.27 bits per heavy atom. The van der Waals surface area contributed by atoms with Crippen LogP contribution >= 0.6 is 23.1 Å². The van der Waals surface area contributed by atoms with Crippen LogP contribution in [0, 0.1) is 11.6 Å². The van der Waals surface area contributed by atoms with Gasteiger partial charge in [-0.2, -0.15) is 0 Å². The van der Waals surface area contributed by atoms with Gasteiger partial charge in [-0.3, -0.25) is 4.79 Å². The van der Waals surface area contributed by atoms with Crippen LogP contribution in [0.3, 0.4) is 0 Å². The Kier molecular flexibility index (Phi) is 4.17. The lowest BCUT2D eigenvalue weighted by Crippen LogP contribution is -2.15. The van der Waals surface area contributed by atoms with Gasteiger partial charge in [0, 0.05) is 6.07 Å². The van der Waals surface area contributed by atoms with Crippen molar-refractivity contribution in [3.05, 3.63) is 53.2 Å². The molecular weight excluding hydrogens is 326 g/mol. The van der Waals surface area contributed by atoms with E-state index in [1.807, 2.05) is 11.4 Å². The summed E-state index contributed by atoms with van der Waals surface area (Å²) in [5.74, 6) is -1.95. The van der Waals surface area contributed by atoms with E-state index in [1.165, 1.54) is 35.5 Å². The maximum Gasteiger partial charge on any atom is 0.178 e. The van der Waals surface area contributed by atoms with Crippen molar-refractivity contribution in [2.75, 3.05) is 0 Å². The van der Waals surface area contributed by atoms with Crippen molar-refractivity contribution in [2.24, 2.45) is 0 Å².